The Balaban J connectivity index is 1.60. The molecule has 7 heteroatoms. The fourth-order valence-electron chi connectivity index (χ4n) is 4.04. The van der Waals surface area contributed by atoms with E-state index in [-0.39, 0.29) is 11.8 Å². The number of thiazole rings is 1. The van der Waals surface area contributed by atoms with Gasteiger partial charge in [-0.1, -0.05) is 29.5 Å². The summed E-state index contributed by atoms with van der Waals surface area (Å²) in [4.78, 5) is 17.3. The molecule has 0 unspecified atom stereocenters. The van der Waals surface area contributed by atoms with Crippen LogP contribution < -0.4 is 10.1 Å². The molecule has 2 aromatic carbocycles. The summed E-state index contributed by atoms with van der Waals surface area (Å²) in [5, 5.41) is 8.56. The molecule has 5 rings (SSSR count). The monoisotopic (exact) mass is 418 g/mol. The van der Waals surface area contributed by atoms with Gasteiger partial charge in [0.2, 0.25) is 11.0 Å². The lowest BCUT2D eigenvalue weighted by atomic mass is 9.86. The molecule has 1 amide bonds. The van der Waals surface area contributed by atoms with Crippen LogP contribution in [0.3, 0.4) is 0 Å². The predicted octanol–water partition coefficient (Wildman–Crippen LogP) is 4.97. The Hall–Kier alpha value is -3.19. The highest BCUT2D eigenvalue weighted by Gasteiger charge is 2.33. The molecule has 1 atom stereocenters. The molecule has 1 aliphatic rings. The first kappa shape index (κ1) is 18.8. The maximum absolute atomic E-state index is 12.6. The van der Waals surface area contributed by atoms with Gasteiger partial charge in [0.25, 0.3) is 0 Å². The smallest absolute Gasteiger partial charge is 0.226 e. The number of hydrogen-bond acceptors (Lipinski definition) is 5. The van der Waals surface area contributed by atoms with Gasteiger partial charge >= 0.3 is 0 Å². The molecule has 0 saturated heterocycles. The summed E-state index contributed by atoms with van der Waals surface area (Å²) in [5.41, 5.74) is 5.17. The number of ether oxygens (including phenoxy) is 1. The zero-order chi connectivity index (χ0) is 20.8. The fraction of sp³-hybridized carbons (Fsp3) is 0.261. The van der Waals surface area contributed by atoms with Crippen LogP contribution in [0.4, 0.5) is 5.82 Å². The summed E-state index contributed by atoms with van der Waals surface area (Å²) in [6.45, 7) is 6.65. The number of aryl methyl sites for hydroxylation is 2. The first-order chi connectivity index (χ1) is 14.5. The second-order valence-electron chi connectivity index (χ2n) is 7.53. The van der Waals surface area contributed by atoms with Crippen molar-refractivity contribution >= 4 is 33.3 Å². The second-order valence-corrected chi connectivity index (χ2v) is 8.54. The third-order valence-electron chi connectivity index (χ3n) is 5.41. The van der Waals surface area contributed by atoms with Gasteiger partial charge in [0.15, 0.2) is 0 Å². The minimum atomic E-state index is -0.0465. The van der Waals surface area contributed by atoms with Crippen molar-refractivity contribution in [2.75, 3.05) is 11.9 Å². The molecular weight excluding hydrogens is 396 g/mol. The Morgan fingerprint density at radius 2 is 2.00 bits per heavy atom. The van der Waals surface area contributed by atoms with Gasteiger partial charge in [-0.2, -0.15) is 9.78 Å². The molecule has 30 heavy (non-hydrogen) atoms. The van der Waals surface area contributed by atoms with Crippen molar-refractivity contribution in [3.8, 4) is 10.9 Å². The largest absolute Gasteiger partial charge is 0.494 e. The van der Waals surface area contributed by atoms with E-state index in [1.165, 1.54) is 5.56 Å². The number of fused-ring (bicyclic) bond motifs is 2. The number of benzene rings is 2. The van der Waals surface area contributed by atoms with E-state index in [0.29, 0.717) is 13.0 Å². The SMILES string of the molecule is CCOc1ccc([C@H]2CC(=O)Nc3c2c(C)nn3-c2nc3ccc(C)cc3s2)cc1. The number of hydrogen-bond donors (Lipinski definition) is 1. The van der Waals surface area contributed by atoms with Crippen LogP contribution in [0.5, 0.6) is 5.75 Å². The van der Waals surface area contributed by atoms with Crippen molar-refractivity contribution in [1.82, 2.24) is 14.8 Å². The molecule has 4 aromatic rings. The number of amides is 1. The van der Waals surface area contributed by atoms with Crippen LogP contribution in [-0.2, 0) is 4.79 Å². The zero-order valence-corrected chi connectivity index (χ0v) is 17.9. The topological polar surface area (TPSA) is 69.0 Å². The average Bonchev–Trinajstić information content (AvgIpc) is 3.28. The summed E-state index contributed by atoms with van der Waals surface area (Å²) < 4.78 is 8.45. The van der Waals surface area contributed by atoms with Crippen molar-refractivity contribution in [2.45, 2.75) is 33.1 Å². The summed E-state index contributed by atoms with van der Waals surface area (Å²) >= 11 is 1.58. The Labute approximate surface area is 178 Å². The highest BCUT2D eigenvalue weighted by molar-refractivity contribution is 7.20. The fourth-order valence-corrected chi connectivity index (χ4v) is 5.07. The van der Waals surface area contributed by atoms with Crippen molar-refractivity contribution in [3.05, 3.63) is 64.8 Å². The number of rotatable bonds is 4. The second kappa shape index (κ2) is 7.25. The van der Waals surface area contributed by atoms with E-state index in [1.54, 1.807) is 16.0 Å². The predicted molar refractivity (Wildman–Crippen MR) is 119 cm³/mol. The summed E-state index contributed by atoms with van der Waals surface area (Å²) in [7, 11) is 0. The first-order valence-electron chi connectivity index (χ1n) is 10.0. The Kier molecular flexibility index (Phi) is 4.55. The van der Waals surface area contributed by atoms with Crippen LogP contribution in [-0.4, -0.2) is 27.3 Å². The van der Waals surface area contributed by atoms with Gasteiger partial charge in [-0.15, -0.1) is 0 Å². The summed E-state index contributed by atoms with van der Waals surface area (Å²) in [6, 6.07) is 14.2. The van der Waals surface area contributed by atoms with E-state index >= 15 is 0 Å². The zero-order valence-electron chi connectivity index (χ0n) is 17.1. The number of nitrogens with one attached hydrogen (secondary N) is 1. The maximum Gasteiger partial charge on any atom is 0.226 e. The van der Waals surface area contributed by atoms with Gasteiger partial charge in [-0.25, -0.2) is 4.98 Å². The van der Waals surface area contributed by atoms with E-state index < -0.39 is 0 Å². The van der Waals surface area contributed by atoms with Crippen LogP contribution >= 0.6 is 11.3 Å². The van der Waals surface area contributed by atoms with Crippen LogP contribution in [0, 0.1) is 13.8 Å². The lowest BCUT2D eigenvalue weighted by Crippen LogP contribution is -2.24. The van der Waals surface area contributed by atoms with Crippen molar-refractivity contribution in [3.63, 3.8) is 0 Å². The van der Waals surface area contributed by atoms with E-state index in [4.69, 9.17) is 14.8 Å². The molecule has 6 nitrogen and oxygen atoms in total. The normalized spacial score (nSPS) is 15.8. The molecule has 0 aliphatic carbocycles. The van der Waals surface area contributed by atoms with Crippen LogP contribution in [0.1, 0.15) is 41.6 Å². The highest BCUT2D eigenvalue weighted by atomic mass is 32.1. The standard InChI is InChI=1S/C23H22N4O2S/c1-4-29-16-8-6-15(7-9-16)17-12-20(28)25-22-21(17)14(3)26-27(22)23-24-18-10-5-13(2)11-19(18)30-23/h5-11,17H,4,12H2,1-3H3,(H,25,28)/t17-/m1/s1. The Bertz CT molecular complexity index is 1260. The molecule has 1 N–H and O–H groups in total. The quantitative estimate of drug-likeness (QED) is 0.508. The third-order valence-corrected chi connectivity index (χ3v) is 6.40. The lowest BCUT2D eigenvalue weighted by Gasteiger charge is -2.24. The molecule has 2 aromatic heterocycles. The Morgan fingerprint density at radius 3 is 2.77 bits per heavy atom. The molecule has 0 fully saturated rings. The lowest BCUT2D eigenvalue weighted by molar-refractivity contribution is -0.116. The van der Waals surface area contributed by atoms with Crippen molar-refractivity contribution < 1.29 is 9.53 Å². The van der Waals surface area contributed by atoms with E-state index in [0.717, 1.165) is 43.7 Å². The van der Waals surface area contributed by atoms with E-state index in [1.807, 2.05) is 44.2 Å². The molecular formula is C23H22N4O2S. The Morgan fingerprint density at radius 1 is 1.20 bits per heavy atom. The number of carbonyl (C=O) groups excluding carboxylic acids is 1. The van der Waals surface area contributed by atoms with Gasteiger partial charge in [0.05, 0.1) is 22.5 Å². The van der Waals surface area contributed by atoms with Crippen LogP contribution in [0.15, 0.2) is 42.5 Å². The van der Waals surface area contributed by atoms with Gasteiger partial charge in [-0.3, -0.25) is 4.79 Å². The highest BCUT2D eigenvalue weighted by Crippen LogP contribution is 2.41. The van der Waals surface area contributed by atoms with Crippen LogP contribution in [0.25, 0.3) is 15.3 Å². The molecule has 0 saturated carbocycles. The number of aromatic nitrogens is 3. The molecule has 0 spiro atoms. The maximum atomic E-state index is 12.6. The van der Waals surface area contributed by atoms with Crippen molar-refractivity contribution in [2.24, 2.45) is 0 Å². The van der Waals surface area contributed by atoms with Crippen LogP contribution in [0.2, 0.25) is 0 Å². The molecule has 152 valence electrons. The number of nitrogens with zero attached hydrogens (tertiary/aromatic N) is 3. The average molecular weight is 419 g/mol. The molecule has 0 radical (unpaired) electrons. The van der Waals surface area contributed by atoms with Gasteiger partial charge in [0.1, 0.15) is 11.6 Å². The van der Waals surface area contributed by atoms with Gasteiger partial charge < -0.3 is 10.1 Å². The third kappa shape index (κ3) is 3.15. The number of anilines is 1. The first-order valence-corrected chi connectivity index (χ1v) is 10.8. The van der Waals surface area contributed by atoms with E-state index in [9.17, 15) is 4.79 Å². The summed E-state index contributed by atoms with van der Waals surface area (Å²) in [5.74, 6) is 1.49. The molecule has 1 aliphatic heterocycles. The van der Waals surface area contributed by atoms with E-state index in [2.05, 4.69) is 24.4 Å². The summed E-state index contributed by atoms with van der Waals surface area (Å²) in [6.07, 6.45) is 0.395. The molecule has 0 bridgehead atoms. The number of carbonyl (C=O) groups is 1. The molecule has 3 heterocycles. The van der Waals surface area contributed by atoms with Crippen molar-refractivity contribution in [1.29, 1.82) is 0 Å². The van der Waals surface area contributed by atoms with Gasteiger partial charge in [0, 0.05) is 17.9 Å². The minimum absolute atomic E-state index is 0.0144. The minimum Gasteiger partial charge on any atom is -0.494 e. The van der Waals surface area contributed by atoms with Gasteiger partial charge in [-0.05, 0) is 56.2 Å².